The fourth-order valence-corrected chi connectivity index (χ4v) is 2.64. The highest BCUT2D eigenvalue weighted by Gasteiger charge is 2.48. The van der Waals surface area contributed by atoms with E-state index in [0.717, 1.165) is 0 Å². The van der Waals surface area contributed by atoms with Crippen molar-refractivity contribution in [1.82, 2.24) is 9.97 Å². The zero-order valence-corrected chi connectivity index (χ0v) is 10.8. The fraction of sp³-hybridized carbons (Fsp3) is 0.636. The Kier molecular flexibility index (Phi) is 3.13. The molecule has 0 aromatic carbocycles. The van der Waals surface area contributed by atoms with E-state index in [9.17, 15) is 15.0 Å². The van der Waals surface area contributed by atoms with Crippen molar-refractivity contribution >= 4 is 11.5 Å². The molecule has 1 saturated heterocycles. The molecule has 1 fully saturated rings. The second-order valence-electron chi connectivity index (χ2n) is 4.94. The molecule has 4 atom stereocenters. The highest BCUT2D eigenvalue weighted by molar-refractivity contribution is 5.71. The molecule has 2 aliphatic heterocycles. The Labute approximate surface area is 114 Å². The number of aliphatic hydroxyl groups excluding tert-OH is 3. The van der Waals surface area contributed by atoms with E-state index in [4.69, 9.17) is 9.84 Å². The average molecular weight is 284 g/mol. The largest absolute Gasteiger partial charge is 0.394 e. The van der Waals surface area contributed by atoms with Crippen LogP contribution in [0.2, 0.25) is 0 Å². The van der Waals surface area contributed by atoms with Gasteiger partial charge < -0.3 is 34.8 Å². The van der Waals surface area contributed by atoms with E-state index in [1.807, 2.05) is 0 Å². The molecule has 3 heterocycles. The van der Waals surface area contributed by atoms with Gasteiger partial charge in [0, 0.05) is 7.05 Å². The lowest BCUT2D eigenvalue weighted by atomic mass is 10.1. The van der Waals surface area contributed by atoms with Crippen molar-refractivity contribution in [3.63, 3.8) is 0 Å². The summed E-state index contributed by atoms with van der Waals surface area (Å²) in [4.78, 5) is 21.6. The molecule has 0 aliphatic carbocycles. The Hall–Kier alpha value is -1.68. The average Bonchev–Trinajstić information content (AvgIpc) is 2.90. The lowest BCUT2D eigenvalue weighted by Crippen LogP contribution is -2.45. The van der Waals surface area contributed by atoms with Crippen LogP contribution in [0.25, 0.3) is 0 Å². The minimum Gasteiger partial charge on any atom is -0.394 e. The first-order chi connectivity index (χ1) is 9.54. The zero-order chi connectivity index (χ0) is 14.4. The molecule has 9 heteroatoms. The van der Waals surface area contributed by atoms with Gasteiger partial charge in [-0.1, -0.05) is 0 Å². The van der Waals surface area contributed by atoms with E-state index in [0.29, 0.717) is 18.2 Å². The minimum absolute atomic E-state index is 0.285. The number of H-pyrrole nitrogens is 1. The number of hydrogen-bond acceptors (Lipinski definition) is 8. The van der Waals surface area contributed by atoms with Crippen LogP contribution in [-0.4, -0.2) is 70.2 Å². The predicted octanol–water partition coefficient (Wildman–Crippen LogP) is -2.58. The first-order valence-corrected chi connectivity index (χ1v) is 6.22. The Bertz CT molecular complexity index is 564. The van der Waals surface area contributed by atoms with Gasteiger partial charge in [0.2, 0.25) is 0 Å². The number of nitrogens with one attached hydrogen (secondary N) is 1. The van der Waals surface area contributed by atoms with Crippen LogP contribution in [0, 0.1) is 0 Å². The van der Waals surface area contributed by atoms with E-state index in [2.05, 4.69) is 9.97 Å². The Morgan fingerprint density at radius 3 is 2.90 bits per heavy atom. The molecular weight excluding hydrogens is 268 g/mol. The fourth-order valence-electron chi connectivity index (χ4n) is 2.64. The predicted molar refractivity (Wildman–Crippen MR) is 68.4 cm³/mol. The molecule has 0 spiro atoms. The summed E-state index contributed by atoms with van der Waals surface area (Å²) in [6.07, 6.45) is -2.81. The monoisotopic (exact) mass is 284 g/mol. The molecule has 0 amide bonds. The van der Waals surface area contributed by atoms with Crippen LogP contribution in [-0.2, 0) is 4.74 Å². The third-order valence-electron chi connectivity index (χ3n) is 3.65. The summed E-state index contributed by atoms with van der Waals surface area (Å²) in [6.45, 7) is -0.101. The number of aromatic amines is 1. The van der Waals surface area contributed by atoms with Crippen molar-refractivity contribution in [3.8, 4) is 0 Å². The van der Waals surface area contributed by atoms with Crippen LogP contribution >= 0.6 is 0 Å². The van der Waals surface area contributed by atoms with Crippen LogP contribution in [0.1, 0.15) is 0 Å². The van der Waals surface area contributed by atoms with Gasteiger partial charge in [0.05, 0.1) is 19.6 Å². The van der Waals surface area contributed by atoms with Crippen molar-refractivity contribution in [2.75, 3.05) is 30.1 Å². The van der Waals surface area contributed by atoms with Gasteiger partial charge in [-0.15, -0.1) is 0 Å². The summed E-state index contributed by atoms with van der Waals surface area (Å²) in [5, 5.41) is 28.9. The molecule has 0 saturated carbocycles. The topological polar surface area (TPSA) is 122 Å². The number of ether oxygens (including phenoxy) is 1. The zero-order valence-electron chi connectivity index (χ0n) is 10.8. The molecule has 4 N–H and O–H groups in total. The number of aliphatic hydroxyl groups is 3. The first-order valence-electron chi connectivity index (χ1n) is 6.22. The molecule has 1 aromatic heterocycles. The molecule has 0 bridgehead atoms. The third kappa shape index (κ3) is 1.79. The maximum Gasteiger partial charge on any atom is 0.276 e. The van der Waals surface area contributed by atoms with Crippen molar-refractivity contribution in [2.45, 2.75) is 24.5 Å². The number of aromatic nitrogens is 2. The number of fused-ring (bicyclic) bond motifs is 1. The van der Waals surface area contributed by atoms with Gasteiger partial charge in [-0.2, -0.15) is 0 Å². The quantitative estimate of drug-likeness (QED) is 0.467. The highest BCUT2D eigenvalue weighted by Crippen LogP contribution is 2.35. The number of anilines is 2. The summed E-state index contributed by atoms with van der Waals surface area (Å²) < 4.78 is 5.46. The Morgan fingerprint density at radius 1 is 1.50 bits per heavy atom. The van der Waals surface area contributed by atoms with Crippen LogP contribution in [0.15, 0.2) is 11.1 Å². The minimum atomic E-state index is -1.19. The molecule has 0 radical (unpaired) electrons. The SMILES string of the molecule is CN1CN([C@@H]2O[C@H](CO)C(O)C2O)c2nc[nH]c(=O)c21. The molecule has 9 nitrogen and oxygen atoms in total. The second kappa shape index (κ2) is 4.70. The molecule has 2 aliphatic rings. The van der Waals surface area contributed by atoms with Gasteiger partial charge >= 0.3 is 0 Å². The maximum absolute atomic E-state index is 11.8. The smallest absolute Gasteiger partial charge is 0.276 e. The Morgan fingerprint density at radius 2 is 2.25 bits per heavy atom. The molecule has 20 heavy (non-hydrogen) atoms. The first kappa shape index (κ1) is 13.3. The van der Waals surface area contributed by atoms with Gasteiger partial charge in [-0.25, -0.2) is 4.98 Å². The van der Waals surface area contributed by atoms with Crippen molar-refractivity contribution in [1.29, 1.82) is 0 Å². The maximum atomic E-state index is 11.8. The second-order valence-corrected chi connectivity index (χ2v) is 4.94. The number of rotatable bonds is 2. The summed E-state index contributed by atoms with van der Waals surface area (Å²) in [5.74, 6) is 0.381. The normalized spacial score (nSPS) is 32.8. The highest BCUT2D eigenvalue weighted by atomic mass is 16.6. The summed E-state index contributed by atoms with van der Waals surface area (Å²) in [5.41, 5.74) is 0.0944. The lowest BCUT2D eigenvalue weighted by Gasteiger charge is -2.27. The van der Waals surface area contributed by atoms with Crippen molar-refractivity contribution in [3.05, 3.63) is 16.7 Å². The van der Waals surface area contributed by atoms with Crippen molar-refractivity contribution < 1.29 is 20.1 Å². The molecule has 110 valence electrons. The summed E-state index contributed by atoms with van der Waals surface area (Å²) in [6, 6.07) is 0. The van der Waals surface area contributed by atoms with Crippen molar-refractivity contribution in [2.24, 2.45) is 0 Å². The van der Waals surface area contributed by atoms with Crippen LogP contribution in [0.4, 0.5) is 11.5 Å². The van der Waals surface area contributed by atoms with Gasteiger partial charge in [-0.05, 0) is 0 Å². The van der Waals surface area contributed by atoms with Gasteiger partial charge in [-0.3, -0.25) is 4.79 Å². The van der Waals surface area contributed by atoms with Gasteiger partial charge in [0.1, 0.15) is 24.0 Å². The summed E-state index contributed by atoms with van der Waals surface area (Å²) in [7, 11) is 1.72. The number of hydrogen-bond donors (Lipinski definition) is 4. The molecule has 1 aromatic rings. The molecule has 3 rings (SSSR count). The van der Waals surface area contributed by atoms with Gasteiger partial charge in [0.25, 0.3) is 5.56 Å². The van der Waals surface area contributed by atoms with E-state index in [-0.39, 0.29) is 5.56 Å². The van der Waals surface area contributed by atoms with Gasteiger partial charge in [0.15, 0.2) is 12.0 Å². The summed E-state index contributed by atoms with van der Waals surface area (Å²) >= 11 is 0. The van der Waals surface area contributed by atoms with E-state index in [1.165, 1.54) is 6.33 Å². The van der Waals surface area contributed by atoms with Crippen LogP contribution in [0.3, 0.4) is 0 Å². The van der Waals surface area contributed by atoms with E-state index < -0.39 is 31.1 Å². The Balaban J connectivity index is 1.95. The lowest BCUT2D eigenvalue weighted by molar-refractivity contribution is -0.0221. The van der Waals surface area contributed by atoms with E-state index >= 15 is 0 Å². The molecule has 2 unspecified atom stereocenters. The van der Waals surface area contributed by atoms with Crippen LogP contribution in [0.5, 0.6) is 0 Å². The third-order valence-corrected chi connectivity index (χ3v) is 3.65. The molecular formula is C11H16N4O5. The standard InChI is InChI=1S/C11H16N4O5/c1-14-4-15(9-6(14)10(19)13-3-12-9)11-8(18)7(17)5(2-16)20-11/h3,5,7-8,11,16-18H,2,4H2,1H3,(H,12,13,19)/t5-,7?,8?,11-/m1/s1. The van der Waals surface area contributed by atoms with Crippen LogP contribution < -0.4 is 15.4 Å². The number of nitrogens with zero attached hydrogens (tertiary/aromatic N) is 3. The van der Waals surface area contributed by atoms with E-state index in [1.54, 1.807) is 16.8 Å².